The van der Waals surface area contributed by atoms with Gasteiger partial charge in [-0.15, -0.1) is 0 Å². The van der Waals surface area contributed by atoms with E-state index in [9.17, 15) is 14.7 Å². The summed E-state index contributed by atoms with van der Waals surface area (Å²) in [6, 6.07) is -0.434. The third-order valence-corrected chi connectivity index (χ3v) is 6.29. The van der Waals surface area contributed by atoms with E-state index in [1.807, 2.05) is 18.9 Å². The van der Waals surface area contributed by atoms with Gasteiger partial charge in [-0.2, -0.15) is 5.10 Å². The molecule has 1 N–H and O–H groups in total. The molecule has 25 heavy (non-hydrogen) atoms. The van der Waals surface area contributed by atoms with Crippen LogP contribution in [0.1, 0.15) is 49.4 Å². The summed E-state index contributed by atoms with van der Waals surface area (Å²) >= 11 is 0. The predicted octanol–water partition coefficient (Wildman–Crippen LogP) is 1.58. The molecule has 7 nitrogen and oxygen atoms in total. The summed E-state index contributed by atoms with van der Waals surface area (Å²) in [5, 5.41) is 14.0. The van der Waals surface area contributed by atoms with Gasteiger partial charge in [0.05, 0.1) is 18.2 Å². The molecule has 3 rings (SSSR count). The summed E-state index contributed by atoms with van der Waals surface area (Å²) in [4.78, 5) is 28.6. The third-order valence-electron chi connectivity index (χ3n) is 6.29. The molecule has 0 unspecified atom stereocenters. The van der Waals surface area contributed by atoms with Crippen molar-refractivity contribution in [3.63, 3.8) is 0 Å². The van der Waals surface area contributed by atoms with Crippen LogP contribution in [0.15, 0.2) is 6.20 Å². The van der Waals surface area contributed by atoms with Gasteiger partial charge in [-0.05, 0) is 33.9 Å². The molecular formula is C18H28N4O3. The summed E-state index contributed by atoms with van der Waals surface area (Å²) < 4.78 is 1.74. The molecule has 2 heterocycles. The Labute approximate surface area is 148 Å². The molecule has 0 spiro atoms. The van der Waals surface area contributed by atoms with Crippen LogP contribution in [0, 0.1) is 12.8 Å². The smallest absolute Gasteiger partial charge is 0.309 e. The molecule has 0 bridgehead atoms. The third kappa shape index (κ3) is 2.94. The normalized spacial score (nSPS) is 26.0. The zero-order valence-electron chi connectivity index (χ0n) is 15.5. The van der Waals surface area contributed by atoms with E-state index in [-0.39, 0.29) is 17.9 Å². The van der Waals surface area contributed by atoms with Crippen LogP contribution in [-0.4, -0.2) is 62.7 Å². The van der Waals surface area contributed by atoms with Crippen molar-refractivity contribution in [2.45, 2.75) is 50.6 Å². The molecule has 1 amide bonds. The number of rotatable bonds is 5. The van der Waals surface area contributed by atoms with Crippen molar-refractivity contribution < 1.29 is 14.7 Å². The number of likely N-dealkylation sites (tertiary alicyclic amines) is 1. The number of amides is 1. The Balaban J connectivity index is 1.99. The highest BCUT2D eigenvalue weighted by Crippen LogP contribution is 2.43. The van der Waals surface area contributed by atoms with Crippen LogP contribution in [-0.2, 0) is 16.6 Å². The summed E-state index contributed by atoms with van der Waals surface area (Å²) in [6.45, 7) is 2.51. The first-order valence-electron chi connectivity index (χ1n) is 8.95. The van der Waals surface area contributed by atoms with E-state index in [4.69, 9.17) is 0 Å². The van der Waals surface area contributed by atoms with Gasteiger partial charge < -0.3 is 14.9 Å². The number of nitrogens with zero attached hydrogens (tertiary/aromatic N) is 4. The molecule has 2 atom stereocenters. The highest BCUT2D eigenvalue weighted by Gasteiger charge is 2.49. The second-order valence-electron chi connectivity index (χ2n) is 7.75. The van der Waals surface area contributed by atoms with Crippen LogP contribution in [0.2, 0.25) is 0 Å². The number of aryl methyl sites for hydroxylation is 1. The monoisotopic (exact) mass is 348 g/mol. The number of carboxylic acid groups (broad SMARTS) is 1. The zero-order valence-corrected chi connectivity index (χ0v) is 15.5. The fraction of sp³-hybridized carbons (Fsp3) is 0.722. The van der Waals surface area contributed by atoms with E-state index in [2.05, 4.69) is 24.1 Å². The molecule has 2 aliphatic rings. The maximum Gasteiger partial charge on any atom is 0.309 e. The van der Waals surface area contributed by atoms with E-state index in [1.54, 1.807) is 10.9 Å². The van der Waals surface area contributed by atoms with Crippen molar-refractivity contribution >= 4 is 11.9 Å². The number of carboxylic acids is 1. The lowest BCUT2D eigenvalue weighted by Gasteiger charge is -2.41. The number of aromatic nitrogens is 2. The fourth-order valence-corrected chi connectivity index (χ4v) is 4.49. The number of carbonyl (C=O) groups excluding carboxylic acids is 1. The van der Waals surface area contributed by atoms with Gasteiger partial charge in [0.25, 0.3) is 0 Å². The Morgan fingerprint density at radius 2 is 2.04 bits per heavy atom. The van der Waals surface area contributed by atoms with E-state index in [0.29, 0.717) is 6.54 Å². The number of likely N-dealkylation sites (N-methyl/N-ethyl adjacent to an activating group) is 1. The van der Waals surface area contributed by atoms with Gasteiger partial charge in [0.15, 0.2) is 0 Å². The average molecular weight is 348 g/mol. The van der Waals surface area contributed by atoms with Crippen LogP contribution in [0.25, 0.3) is 0 Å². The molecular weight excluding hydrogens is 320 g/mol. The van der Waals surface area contributed by atoms with E-state index >= 15 is 0 Å². The lowest BCUT2D eigenvalue weighted by molar-refractivity contribution is -0.142. The average Bonchev–Trinajstić information content (AvgIpc) is 3.22. The van der Waals surface area contributed by atoms with Crippen LogP contribution in [0.3, 0.4) is 0 Å². The van der Waals surface area contributed by atoms with Crippen molar-refractivity contribution in [3.05, 3.63) is 17.5 Å². The van der Waals surface area contributed by atoms with Gasteiger partial charge >= 0.3 is 5.97 Å². The molecule has 0 aromatic carbocycles. The van der Waals surface area contributed by atoms with Crippen molar-refractivity contribution in [2.24, 2.45) is 13.0 Å². The van der Waals surface area contributed by atoms with Crippen LogP contribution >= 0.6 is 0 Å². The second-order valence-corrected chi connectivity index (χ2v) is 7.75. The van der Waals surface area contributed by atoms with Gasteiger partial charge in [0, 0.05) is 36.8 Å². The molecule has 1 saturated carbocycles. The standard InChI is InChI=1S/C18H28N4O3/c1-12-14(10-19-21(12)4)16-13(17(24)25)9-15(23)22(16)11-18(20(2)3)7-5-6-8-18/h10,13,16H,5-9,11H2,1-4H3,(H,24,25)/t13-,16-/m0/s1. The summed E-state index contributed by atoms with van der Waals surface area (Å²) in [5.41, 5.74) is 1.71. The molecule has 0 radical (unpaired) electrons. The van der Waals surface area contributed by atoms with E-state index < -0.39 is 17.9 Å². The minimum atomic E-state index is -0.908. The minimum absolute atomic E-state index is 0.0581. The Bertz CT molecular complexity index is 676. The summed E-state index contributed by atoms with van der Waals surface area (Å²) in [7, 11) is 5.96. The van der Waals surface area contributed by atoms with Crippen LogP contribution in [0.5, 0.6) is 0 Å². The predicted molar refractivity (Wildman–Crippen MR) is 93.0 cm³/mol. The summed E-state index contributed by atoms with van der Waals surface area (Å²) in [5.74, 6) is -1.68. The summed E-state index contributed by atoms with van der Waals surface area (Å²) in [6.07, 6.45) is 6.18. The number of carbonyl (C=O) groups is 2. The van der Waals surface area contributed by atoms with Crippen molar-refractivity contribution in [3.8, 4) is 0 Å². The van der Waals surface area contributed by atoms with Gasteiger partial charge in [-0.1, -0.05) is 12.8 Å². The van der Waals surface area contributed by atoms with Crippen LogP contribution in [0.4, 0.5) is 0 Å². The SMILES string of the molecule is Cc1c([C@@H]2[C@@H](C(=O)O)CC(=O)N2CC2(N(C)C)CCCC2)cnn1C. The minimum Gasteiger partial charge on any atom is -0.481 e. The van der Waals surface area contributed by atoms with Crippen molar-refractivity contribution in [1.29, 1.82) is 0 Å². The van der Waals surface area contributed by atoms with Gasteiger partial charge in [0.2, 0.25) is 5.91 Å². The zero-order chi connectivity index (χ0) is 18.4. The van der Waals surface area contributed by atoms with E-state index in [1.165, 1.54) is 0 Å². The quantitative estimate of drug-likeness (QED) is 0.874. The number of aliphatic carboxylic acids is 1. The first-order valence-corrected chi connectivity index (χ1v) is 8.95. The van der Waals surface area contributed by atoms with Crippen molar-refractivity contribution in [2.75, 3.05) is 20.6 Å². The van der Waals surface area contributed by atoms with Gasteiger partial charge in [0.1, 0.15) is 0 Å². The molecule has 1 aliphatic heterocycles. The second kappa shape index (κ2) is 6.44. The lowest BCUT2D eigenvalue weighted by atomic mass is 9.91. The first-order chi connectivity index (χ1) is 11.8. The molecule has 1 aromatic heterocycles. The molecule has 7 heteroatoms. The topological polar surface area (TPSA) is 78.7 Å². The maximum absolute atomic E-state index is 12.8. The Hall–Kier alpha value is -1.89. The molecule has 1 aromatic rings. The number of hydrogen-bond acceptors (Lipinski definition) is 4. The lowest BCUT2D eigenvalue weighted by Crippen LogP contribution is -2.52. The molecule has 1 aliphatic carbocycles. The van der Waals surface area contributed by atoms with E-state index in [0.717, 1.165) is 36.9 Å². The molecule has 2 fully saturated rings. The fourth-order valence-electron chi connectivity index (χ4n) is 4.49. The maximum atomic E-state index is 12.8. The van der Waals surface area contributed by atoms with Gasteiger partial charge in [-0.25, -0.2) is 0 Å². The van der Waals surface area contributed by atoms with Crippen LogP contribution < -0.4 is 0 Å². The van der Waals surface area contributed by atoms with Crippen molar-refractivity contribution in [1.82, 2.24) is 19.6 Å². The highest BCUT2D eigenvalue weighted by molar-refractivity contribution is 5.87. The molecule has 1 saturated heterocycles. The Kier molecular flexibility index (Phi) is 4.62. The highest BCUT2D eigenvalue weighted by atomic mass is 16.4. The molecule has 138 valence electrons. The van der Waals surface area contributed by atoms with Gasteiger partial charge in [-0.3, -0.25) is 14.3 Å². The first kappa shape index (κ1) is 17.9. The number of hydrogen-bond donors (Lipinski definition) is 1. The largest absolute Gasteiger partial charge is 0.481 e. The Morgan fingerprint density at radius 3 is 2.52 bits per heavy atom. The Morgan fingerprint density at radius 1 is 1.40 bits per heavy atom.